The van der Waals surface area contributed by atoms with E-state index in [1.54, 1.807) is 23.1 Å². The third kappa shape index (κ3) is 5.20. The maximum Gasteiger partial charge on any atom is 0.416 e. The molecule has 0 radical (unpaired) electrons. The molecular formula is C21H19F3N2O3S2. The van der Waals surface area contributed by atoms with Crippen LogP contribution in [0.3, 0.4) is 0 Å². The van der Waals surface area contributed by atoms with Crippen LogP contribution in [0.15, 0.2) is 45.7 Å². The lowest BCUT2D eigenvalue weighted by Gasteiger charge is -2.28. The Bertz CT molecular complexity index is 996. The smallest absolute Gasteiger partial charge is 0.416 e. The van der Waals surface area contributed by atoms with Crippen molar-refractivity contribution in [3.8, 4) is 11.3 Å². The minimum Gasteiger partial charge on any atom is -0.457 e. The highest BCUT2D eigenvalue weighted by molar-refractivity contribution is 8.26. The first-order valence-corrected chi connectivity index (χ1v) is 10.9. The predicted octanol–water partition coefficient (Wildman–Crippen LogP) is 4.50. The molecule has 2 aliphatic heterocycles. The van der Waals surface area contributed by atoms with Crippen LogP contribution in [0.5, 0.6) is 0 Å². The number of amides is 1. The summed E-state index contributed by atoms with van der Waals surface area (Å²) >= 11 is 6.58. The van der Waals surface area contributed by atoms with Crippen molar-refractivity contribution in [3.63, 3.8) is 0 Å². The topological polar surface area (TPSA) is 45.9 Å². The van der Waals surface area contributed by atoms with Gasteiger partial charge in [0, 0.05) is 37.8 Å². The van der Waals surface area contributed by atoms with Crippen molar-refractivity contribution in [1.29, 1.82) is 0 Å². The van der Waals surface area contributed by atoms with Gasteiger partial charge in [-0.25, -0.2) is 0 Å². The van der Waals surface area contributed by atoms with Crippen LogP contribution in [0.1, 0.15) is 11.3 Å². The lowest BCUT2D eigenvalue weighted by atomic mass is 10.1. The van der Waals surface area contributed by atoms with Crippen LogP contribution in [0.2, 0.25) is 0 Å². The number of hydrogen-bond acceptors (Lipinski definition) is 6. The molecule has 10 heteroatoms. The highest BCUT2D eigenvalue weighted by atomic mass is 32.2. The number of alkyl halides is 3. The van der Waals surface area contributed by atoms with E-state index >= 15 is 0 Å². The molecule has 0 bridgehead atoms. The number of ether oxygens (including phenoxy) is 1. The number of benzene rings is 1. The summed E-state index contributed by atoms with van der Waals surface area (Å²) in [6.45, 7) is 4.29. The predicted molar refractivity (Wildman–Crippen MR) is 116 cm³/mol. The molecule has 0 spiro atoms. The van der Waals surface area contributed by atoms with E-state index in [9.17, 15) is 18.0 Å². The monoisotopic (exact) mass is 468 g/mol. The van der Waals surface area contributed by atoms with Gasteiger partial charge in [0.25, 0.3) is 5.91 Å². The number of morpholine rings is 1. The molecule has 0 N–H and O–H groups in total. The first-order chi connectivity index (χ1) is 14.8. The molecule has 164 valence electrons. The van der Waals surface area contributed by atoms with Crippen molar-refractivity contribution in [2.45, 2.75) is 6.18 Å². The van der Waals surface area contributed by atoms with Gasteiger partial charge in [0.05, 0.1) is 23.7 Å². The maximum absolute atomic E-state index is 12.8. The van der Waals surface area contributed by atoms with Crippen molar-refractivity contribution in [2.24, 2.45) is 0 Å². The summed E-state index contributed by atoms with van der Waals surface area (Å²) < 4.78 is 49.7. The molecule has 0 atom stereocenters. The Balaban J connectivity index is 1.42. The van der Waals surface area contributed by atoms with Gasteiger partial charge in [-0.15, -0.1) is 0 Å². The second-order valence-electron chi connectivity index (χ2n) is 7.06. The average molecular weight is 469 g/mol. The van der Waals surface area contributed by atoms with Gasteiger partial charge < -0.3 is 9.15 Å². The molecule has 2 aliphatic rings. The molecule has 1 aromatic carbocycles. The molecule has 0 unspecified atom stereocenters. The van der Waals surface area contributed by atoms with Gasteiger partial charge in [0.15, 0.2) is 0 Å². The fraction of sp³-hybridized carbons (Fsp3) is 0.333. The van der Waals surface area contributed by atoms with Gasteiger partial charge in [0.1, 0.15) is 15.8 Å². The van der Waals surface area contributed by atoms with Gasteiger partial charge >= 0.3 is 6.18 Å². The zero-order valence-corrected chi connectivity index (χ0v) is 18.0. The summed E-state index contributed by atoms with van der Waals surface area (Å²) in [5, 5.41) is 0. The van der Waals surface area contributed by atoms with Crippen LogP contribution >= 0.6 is 24.0 Å². The lowest BCUT2D eigenvalue weighted by Crippen LogP contribution is -2.42. The SMILES string of the molecule is O=C1/C(=C/c2ccc(-c3ccc(C(F)(F)F)cc3)o2)SC(=S)N1CCN1CCOCC1. The first-order valence-electron chi connectivity index (χ1n) is 9.64. The Kier molecular flexibility index (Phi) is 6.52. The van der Waals surface area contributed by atoms with E-state index in [0.717, 1.165) is 31.8 Å². The van der Waals surface area contributed by atoms with E-state index in [1.165, 1.54) is 23.9 Å². The van der Waals surface area contributed by atoms with Crippen LogP contribution in [0, 0.1) is 0 Å². The van der Waals surface area contributed by atoms with E-state index < -0.39 is 11.7 Å². The van der Waals surface area contributed by atoms with Crippen LogP contribution in [0.4, 0.5) is 13.2 Å². The van der Waals surface area contributed by atoms with E-state index in [2.05, 4.69) is 4.90 Å². The molecule has 2 aromatic rings. The number of nitrogens with zero attached hydrogens (tertiary/aromatic N) is 2. The Labute approximate surface area is 186 Å². The number of rotatable bonds is 5. The minimum atomic E-state index is -4.39. The largest absolute Gasteiger partial charge is 0.457 e. The van der Waals surface area contributed by atoms with Gasteiger partial charge in [-0.1, -0.05) is 36.1 Å². The molecule has 2 fully saturated rings. The number of thioether (sulfide) groups is 1. The molecule has 2 saturated heterocycles. The minimum absolute atomic E-state index is 0.171. The van der Waals surface area contributed by atoms with Crippen molar-refractivity contribution < 1.29 is 27.1 Å². The van der Waals surface area contributed by atoms with Crippen LogP contribution < -0.4 is 0 Å². The van der Waals surface area contributed by atoms with Gasteiger partial charge in [-0.05, 0) is 24.3 Å². The fourth-order valence-corrected chi connectivity index (χ4v) is 4.59. The lowest BCUT2D eigenvalue weighted by molar-refractivity contribution is -0.137. The van der Waals surface area contributed by atoms with Gasteiger partial charge in [-0.3, -0.25) is 14.6 Å². The Morgan fingerprint density at radius 2 is 1.77 bits per heavy atom. The maximum atomic E-state index is 12.8. The second-order valence-corrected chi connectivity index (χ2v) is 8.74. The molecule has 3 heterocycles. The summed E-state index contributed by atoms with van der Waals surface area (Å²) in [6.07, 6.45) is -2.77. The average Bonchev–Trinajstić information content (AvgIpc) is 3.32. The molecule has 0 aliphatic carbocycles. The van der Waals surface area contributed by atoms with Crippen molar-refractivity contribution in [3.05, 3.63) is 52.6 Å². The summed E-state index contributed by atoms with van der Waals surface area (Å²) in [5.41, 5.74) is -0.200. The Morgan fingerprint density at radius 1 is 1.06 bits per heavy atom. The number of halogens is 3. The van der Waals surface area contributed by atoms with Crippen molar-refractivity contribution in [2.75, 3.05) is 39.4 Å². The molecule has 1 amide bonds. The number of thiocarbonyl (C=S) groups is 1. The molecule has 5 nitrogen and oxygen atoms in total. The molecule has 31 heavy (non-hydrogen) atoms. The number of furan rings is 1. The standard InChI is InChI=1S/C21H19F3N2O3S2/c22-21(23,24)15-3-1-14(2-4-15)17-6-5-16(29-17)13-18-19(27)26(20(30)31-18)8-7-25-9-11-28-12-10-25/h1-6,13H,7-12H2/b18-13-. The number of carbonyl (C=O) groups excluding carboxylic acids is 1. The van der Waals surface area contributed by atoms with Crippen LogP contribution in [0.25, 0.3) is 17.4 Å². The molecule has 4 rings (SSSR count). The number of hydrogen-bond donors (Lipinski definition) is 0. The summed E-state index contributed by atoms with van der Waals surface area (Å²) in [5.74, 6) is 0.682. The molecular weight excluding hydrogens is 449 g/mol. The third-order valence-electron chi connectivity index (χ3n) is 5.01. The van der Waals surface area contributed by atoms with Crippen LogP contribution in [-0.4, -0.2) is 59.4 Å². The molecule has 0 saturated carbocycles. The summed E-state index contributed by atoms with van der Waals surface area (Å²) in [4.78, 5) is 17.0. The fourth-order valence-electron chi connectivity index (χ4n) is 3.30. The van der Waals surface area contributed by atoms with Crippen molar-refractivity contribution in [1.82, 2.24) is 9.80 Å². The zero-order valence-electron chi connectivity index (χ0n) is 16.4. The number of carbonyl (C=O) groups is 1. The highest BCUT2D eigenvalue weighted by Gasteiger charge is 2.33. The molecule has 1 aromatic heterocycles. The first kappa shape index (κ1) is 22.1. The van der Waals surface area contributed by atoms with Crippen molar-refractivity contribution >= 4 is 40.3 Å². The van der Waals surface area contributed by atoms with E-state index in [0.29, 0.717) is 46.1 Å². The highest BCUT2D eigenvalue weighted by Crippen LogP contribution is 2.34. The van der Waals surface area contributed by atoms with Gasteiger partial charge in [0.2, 0.25) is 0 Å². The zero-order chi connectivity index (χ0) is 22.0. The second kappa shape index (κ2) is 9.15. The van der Waals surface area contributed by atoms with Gasteiger partial charge in [-0.2, -0.15) is 13.2 Å². The summed E-state index contributed by atoms with van der Waals surface area (Å²) in [7, 11) is 0. The van der Waals surface area contributed by atoms with E-state index in [-0.39, 0.29) is 5.91 Å². The van der Waals surface area contributed by atoms with E-state index in [4.69, 9.17) is 21.4 Å². The third-order valence-corrected chi connectivity index (χ3v) is 6.39. The van der Waals surface area contributed by atoms with E-state index in [1.807, 2.05) is 0 Å². The quantitative estimate of drug-likeness (QED) is 0.476. The summed E-state index contributed by atoms with van der Waals surface area (Å²) in [6, 6.07) is 8.07. The van der Waals surface area contributed by atoms with Crippen LogP contribution in [-0.2, 0) is 15.7 Å². The Morgan fingerprint density at radius 3 is 2.45 bits per heavy atom. The Hall–Kier alpha value is -2.14. The normalized spacial score (nSPS) is 19.6.